The van der Waals surface area contributed by atoms with E-state index in [-0.39, 0.29) is 36.5 Å². The first kappa shape index (κ1) is 23.6. The molecule has 4 rings (SSSR count). The van der Waals surface area contributed by atoms with Gasteiger partial charge in [-0.3, -0.25) is 9.69 Å². The van der Waals surface area contributed by atoms with Crippen LogP contribution in [0.4, 0.5) is 4.39 Å². The van der Waals surface area contributed by atoms with E-state index >= 15 is 0 Å². The SMILES string of the molecule is Cl.Cl.O=C(NCc1ccc2c(c1)CNC2)C(c1cccc(F)c1)N1CCOCC1. The Morgan fingerprint density at radius 1 is 1.10 bits per heavy atom. The first-order valence-corrected chi connectivity index (χ1v) is 9.37. The zero-order valence-electron chi connectivity index (χ0n) is 16.0. The van der Waals surface area contributed by atoms with Gasteiger partial charge in [-0.15, -0.1) is 24.8 Å². The predicted octanol–water partition coefficient (Wildman–Crippen LogP) is 2.96. The lowest BCUT2D eigenvalue weighted by molar-refractivity contribution is -0.128. The summed E-state index contributed by atoms with van der Waals surface area (Å²) in [5.41, 5.74) is 4.35. The smallest absolute Gasteiger partial charge is 0.242 e. The van der Waals surface area contributed by atoms with Crippen molar-refractivity contribution in [2.45, 2.75) is 25.7 Å². The van der Waals surface area contributed by atoms with Gasteiger partial charge in [-0.1, -0.05) is 30.3 Å². The fourth-order valence-corrected chi connectivity index (χ4v) is 3.78. The molecule has 1 fully saturated rings. The average Bonchev–Trinajstić information content (AvgIpc) is 3.15. The van der Waals surface area contributed by atoms with Crippen molar-refractivity contribution in [2.75, 3.05) is 26.3 Å². The van der Waals surface area contributed by atoms with Crippen LogP contribution in [0.3, 0.4) is 0 Å². The summed E-state index contributed by atoms with van der Waals surface area (Å²) in [5, 5.41) is 6.37. The van der Waals surface area contributed by atoms with E-state index in [0.29, 0.717) is 38.4 Å². The van der Waals surface area contributed by atoms with Gasteiger partial charge in [0.1, 0.15) is 11.9 Å². The number of carbonyl (C=O) groups is 1. The minimum atomic E-state index is -0.513. The van der Waals surface area contributed by atoms with Crippen molar-refractivity contribution in [3.05, 3.63) is 70.5 Å². The van der Waals surface area contributed by atoms with Gasteiger partial charge in [0.25, 0.3) is 0 Å². The van der Waals surface area contributed by atoms with Gasteiger partial charge in [0.05, 0.1) is 13.2 Å². The predicted molar refractivity (Wildman–Crippen MR) is 115 cm³/mol. The first-order chi connectivity index (χ1) is 13.2. The van der Waals surface area contributed by atoms with E-state index in [2.05, 4.69) is 33.7 Å². The van der Waals surface area contributed by atoms with Gasteiger partial charge in [-0.2, -0.15) is 0 Å². The van der Waals surface area contributed by atoms with Crippen LogP contribution in [0.1, 0.15) is 28.3 Å². The lowest BCUT2D eigenvalue weighted by atomic mass is 10.0. The molecule has 0 aromatic heterocycles. The molecule has 29 heavy (non-hydrogen) atoms. The Morgan fingerprint density at radius 3 is 2.62 bits per heavy atom. The highest BCUT2D eigenvalue weighted by Crippen LogP contribution is 2.23. The highest BCUT2D eigenvalue weighted by atomic mass is 35.5. The Balaban J connectivity index is 0.00000150. The zero-order valence-corrected chi connectivity index (χ0v) is 17.7. The lowest BCUT2D eigenvalue weighted by Crippen LogP contribution is -2.45. The number of halogens is 3. The third-order valence-corrected chi connectivity index (χ3v) is 5.19. The highest BCUT2D eigenvalue weighted by Gasteiger charge is 2.29. The molecular weight excluding hydrogens is 416 g/mol. The molecule has 8 heteroatoms. The maximum atomic E-state index is 13.8. The summed E-state index contributed by atoms with van der Waals surface area (Å²) in [6.07, 6.45) is 0. The van der Waals surface area contributed by atoms with Crippen molar-refractivity contribution in [3.8, 4) is 0 Å². The van der Waals surface area contributed by atoms with E-state index in [4.69, 9.17) is 4.74 Å². The van der Waals surface area contributed by atoms with E-state index in [1.165, 1.54) is 23.3 Å². The molecule has 1 saturated heterocycles. The fourth-order valence-electron chi connectivity index (χ4n) is 3.78. The summed E-state index contributed by atoms with van der Waals surface area (Å²) in [5.74, 6) is -0.439. The molecular formula is C21H26Cl2FN3O2. The maximum absolute atomic E-state index is 13.8. The van der Waals surface area contributed by atoms with Crippen LogP contribution in [0.25, 0.3) is 0 Å². The number of fused-ring (bicyclic) bond motifs is 1. The molecule has 1 atom stereocenters. The van der Waals surface area contributed by atoms with Crippen LogP contribution in [-0.4, -0.2) is 37.1 Å². The second-order valence-corrected chi connectivity index (χ2v) is 7.03. The Labute approximate surface area is 182 Å². The molecule has 158 valence electrons. The molecule has 2 aliphatic heterocycles. The Kier molecular flexibility index (Phi) is 8.86. The van der Waals surface area contributed by atoms with E-state index in [1.807, 2.05) is 6.07 Å². The number of nitrogens with one attached hydrogen (secondary N) is 2. The average molecular weight is 442 g/mol. The van der Waals surface area contributed by atoms with Crippen molar-refractivity contribution in [1.82, 2.24) is 15.5 Å². The van der Waals surface area contributed by atoms with Crippen LogP contribution in [0, 0.1) is 5.82 Å². The Morgan fingerprint density at radius 2 is 1.86 bits per heavy atom. The number of hydrogen-bond acceptors (Lipinski definition) is 4. The molecule has 0 radical (unpaired) electrons. The molecule has 2 aliphatic rings. The van der Waals surface area contributed by atoms with E-state index in [9.17, 15) is 9.18 Å². The van der Waals surface area contributed by atoms with Gasteiger partial charge >= 0.3 is 0 Å². The van der Waals surface area contributed by atoms with Gasteiger partial charge in [0.2, 0.25) is 5.91 Å². The van der Waals surface area contributed by atoms with E-state index in [1.54, 1.807) is 6.07 Å². The first-order valence-electron chi connectivity index (χ1n) is 9.37. The van der Waals surface area contributed by atoms with Crippen molar-refractivity contribution in [2.24, 2.45) is 0 Å². The summed E-state index contributed by atoms with van der Waals surface area (Å²) >= 11 is 0. The van der Waals surface area contributed by atoms with Crippen LogP contribution < -0.4 is 10.6 Å². The largest absolute Gasteiger partial charge is 0.379 e. The number of nitrogens with zero attached hydrogens (tertiary/aromatic N) is 1. The third-order valence-electron chi connectivity index (χ3n) is 5.19. The van der Waals surface area contributed by atoms with Gasteiger partial charge in [0.15, 0.2) is 0 Å². The number of rotatable bonds is 5. The number of carbonyl (C=O) groups excluding carboxylic acids is 1. The van der Waals surface area contributed by atoms with Gasteiger partial charge in [0, 0.05) is 32.7 Å². The molecule has 5 nitrogen and oxygen atoms in total. The second kappa shape index (κ2) is 10.9. The number of hydrogen-bond donors (Lipinski definition) is 2. The van der Waals surface area contributed by atoms with E-state index in [0.717, 1.165) is 18.7 Å². The van der Waals surface area contributed by atoms with Gasteiger partial charge < -0.3 is 15.4 Å². The quantitative estimate of drug-likeness (QED) is 0.748. The Bertz CT molecular complexity index is 831. The molecule has 2 aromatic carbocycles. The number of ether oxygens (including phenoxy) is 1. The standard InChI is InChI=1S/C21H24FN3O2.2ClH/c22-19-3-1-2-16(11-19)20(25-6-8-27-9-7-25)21(26)24-12-15-4-5-17-13-23-14-18(17)10-15;;/h1-5,10-11,20,23H,6-9,12-14H2,(H,24,26);2*1H. The van der Waals surface area contributed by atoms with Crippen molar-refractivity contribution >= 4 is 30.7 Å². The number of benzene rings is 2. The van der Waals surface area contributed by atoms with Crippen LogP contribution in [-0.2, 0) is 29.2 Å². The normalized spacial score (nSPS) is 16.9. The number of morpholine rings is 1. The van der Waals surface area contributed by atoms with Crippen molar-refractivity contribution in [1.29, 1.82) is 0 Å². The summed E-state index contributed by atoms with van der Waals surface area (Å²) in [6, 6.07) is 12.1. The molecule has 2 N–H and O–H groups in total. The van der Waals surface area contributed by atoms with Crippen LogP contribution >= 0.6 is 24.8 Å². The highest BCUT2D eigenvalue weighted by molar-refractivity contribution is 5.85. The molecule has 1 amide bonds. The third kappa shape index (κ3) is 5.68. The summed E-state index contributed by atoms with van der Waals surface area (Å²) in [6.45, 7) is 4.70. The fraction of sp³-hybridized carbons (Fsp3) is 0.381. The summed E-state index contributed by atoms with van der Waals surface area (Å²) < 4.78 is 19.2. The van der Waals surface area contributed by atoms with Gasteiger partial charge in [-0.05, 0) is 34.4 Å². The van der Waals surface area contributed by atoms with Crippen molar-refractivity contribution < 1.29 is 13.9 Å². The minimum absolute atomic E-state index is 0. The zero-order chi connectivity index (χ0) is 18.6. The van der Waals surface area contributed by atoms with Crippen molar-refractivity contribution in [3.63, 3.8) is 0 Å². The van der Waals surface area contributed by atoms with E-state index < -0.39 is 6.04 Å². The monoisotopic (exact) mass is 441 g/mol. The Hall–Kier alpha value is -1.70. The van der Waals surface area contributed by atoms with Crippen LogP contribution in [0.5, 0.6) is 0 Å². The van der Waals surface area contributed by atoms with Crippen LogP contribution in [0.15, 0.2) is 42.5 Å². The molecule has 0 saturated carbocycles. The minimum Gasteiger partial charge on any atom is -0.379 e. The summed E-state index contributed by atoms with van der Waals surface area (Å²) in [7, 11) is 0. The summed E-state index contributed by atoms with van der Waals surface area (Å²) in [4.78, 5) is 15.1. The van der Waals surface area contributed by atoms with Gasteiger partial charge in [-0.25, -0.2) is 4.39 Å². The van der Waals surface area contributed by atoms with Crippen LogP contribution in [0.2, 0.25) is 0 Å². The molecule has 0 spiro atoms. The molecule has 2 aromatic rings. The topological polar surface area (TPSA) is 53.6 Å². The molecule has 0 bridgehead atoms. The number of amides is 1. The molecule has 2 heterocycles. The second-order valence-electron chi connectivity index (χ2n) is 7.03. The lowest BCUT2D eigenvalue weighted by Gasteiger charge is -2.33. The maximum Gasteiger partial charge on any atom is 0.242 e. The molecule has 0 aliphatic carbocycles. The molecule has 1 unspecified atom stereocenters.